The fraction of sp³-hybridized carbons (Fsp3) is 0.556. The molecule has 1 heterocycles. The van der Waals surface area contributed by atoms with E-state index in [9.17, 15) is 14.7 Å². The second-order valence-corrected chi connectivity index (χ2v) is 7.31. The van der Waals surface area contributed by atoms with Gasteiger partial charge in [0.2, 0.25) is 11.8 Å². The van der Waals surface area contributed by atoms with E-state index < -0.39 is 17.3 Å². The standard InChI is InChI=1S/C18H26N2O5/c1-17(2)11-24-18(3,4)25-15(17)16(23)19-10-9-14(22)20-12-5-7-13(21)8-6-12/h5-8,15,21H,9-11H2,1-4H3,(H,19,23)(H,20,22). The third-order valence-corrected chi connectivity index (χ3v) is 3.94. The van der Waals surface area contributed by atoms with Gasteiger partial charge in [0.25, 0.3) is 0 Å². The molecule has 1 unspecified atom stereocenters. The number of hydrogen-bond donors (Lipinski definition) is 3. The average Bonchev–Trinajstić information content (AvgIpc) is 2.52. The molecule has 2 amide bonds. The van der Waals surface area contributed by atoms with Crippen LogP contribution in [0.5, 0.6) is 5.75 Å². The highest BCUT2D eigenvalue weighted by Gasteiger charge is 2.45. The molecule has 7 nitrogen and oxygen atoms in total. The van der Waals surface area contributed by atoms with Crippen LogP contribution in [0.15, 0.2) is 24.3 Å². The summed E-state index contributed by atoms with van der Waals surface area (Å²) in [6, 6.07) is 6.19. The molecule has 1 aliphatic heterocycles. The van der Waals surface area contributed by atoms with Crippen LogP contribution in [-0.4, -0.2) is 42.0 Å². The van der Waals surface area contributed by atoms with Crippen molar-refractivity contribution >= 4 is 17.5 Å². The summed E-state index contributed by atoms with van der Waals surface area (Å²) < 4.78 is 11.4. The Morgan fingerprint density at radius 1 is 1.20 bits per heavy atom. The van der Waals surface area contributed by atoms with E-state index in [2.05, 4.69) is 10.6 Å². The second-order valence-electron chi connectivity index (χ2n) is 7.31. The molecule has 0 saturated carbocycles. The summed E-state index contributed by atoms with van der Waals surface area (Å²) in [6.45, 7) is 7.98. The van der Waals surface area contributed by atoms with Crippen LogP contribution in [0.3, 0.4) is 0 Å². The molecule has 0 bridgehead atoms. The predicted octanol–water partition coefficient (Wildman–Crippen LogP) is 2.01. The largest absolute Gasteiger partial charge is 0.508 e. The van der Waals surface area contributed by atoms with Gasteiger partial charge in [-0.25, -0.2) is 0 Å². The first kappa shape index (κ1) is 19.2. The summed E-state index contributed by atoms with van der Waals surface area (Å²) in [5, 5.41) is 14.7. The van der Waals surface area contributed by atoms with Crippen LogP contribution in [0.1, 0.15) is 34.1 Å². The molecule has 3 N–H and O–H groups in total. The number of carbonyl (C=O) groups is 2. The molecule has 1 aromatic carbocycles. The zero-order valence-corrected chi connectivity index (χ0v) is 15.1. The number of amides is 2. The fourth-order valence-electron chi connectivity index (χ4n) is 2.48. The van der Waals surface area contributed by atoms with Gasteiger partial charge >= 0.3 is 0 Å². The van der Waals surface area contributed by atoms with Crippen molar-refractivity contribution < 1.29 is 24.2 Å². The van der Waals surface area contributed by atoms with Crippen LogP contribution >= 0.6 is 0 Å². The summed E-state index contributed by atoms with van der Waals surface area (Å²) in [4.78, 5) is 24.3. The van der Waals surface area contributed by atoms with E-state index in [-0.39, 0.29) is 30.5 Å². The molecule has 0 radical (unpaired) electrons. The SMILES string of the molecule is CC1(C)OCC(C)(C)C(C(=O)NCCC(=O)Nc2ccc(O)cc2)O1. The highest BCUT2D eigenvalue weighted by molar-refractivity contribution is 5.91. The Balaban J connectivity index is 1.81. The monoisotopic (exact) mass is 350 g/mol. The van der Waals surface area contributed by atoms with Gasteiger partial charge in [-0.2, -0.15) is 0 Å². The van der Waals surface area contributed by atoms with E-state index >= 15 is 0 Å². The molecule has 1 saturated heterocycles. The summed E-state index contributed by atoms with van der Waals surface area (Å²) in [5.41, 5.74) is 0.137. The lowest BCUT2D eigenvalue weighted by atomic mass is 9.85. The molecule has 1 aromatic rings. The molecule has 138 valence electrons. The number of rotatable bonds is 5. The second kappa shape index (κ2) is 7.41. The number of anilines is 1. The molecule has 0 aromatic heterocycles. The normalized spacial score (nSPS) is 21.4. The van der Waals surface area contributed by atoms with E-state index in [1.165, 1.54) is 12.1 Å². The van der Waals surface area contributed by atoms with Gasteiger partial charge in [-0.3, -0.25) is 9.59 Å². The number of ether oxygens (including phenoxy) is 2. The first-order valence-electron chi connectivity index (χ1n) is 8.27. The summed E-state index contributed by atoms with van der Waals surface area (Å²) in [5.74, 6) is -1.15. The Kier molecular flexibility index (Phi) is 5.69. The van der Waals surface area contributed by atoms with Gasteiger partial charge in [0.15, 0.2) is 5.79 Å². The number of phenolic OH excluding ortho intramolecular Hbond substituents is 1. The molecule has 1 atom stereocenters. The fourth-order valence-corrected chi connectivity index (χ4v) is 2.48. The van der Waals surface area contributed by atoms with Gasteiger partial charge in [-0.15, -0.1) is 0 Å². The molecular weight excluding hydrogens is 324 g/mol. The van der Waals surface area contributed by atoms with Crippen molar-refractivity contribution in [2.75, 3.05) is 18.5 Å². The lowest BCUT2D eigenvalue weighted by Gasteiger charge is -2.44. The average molecular weight is 350 g/mol. The van der Waals surface area contributed by atoms with Crippen LogP contribution in [0, 0.1) is 5.41 Å². The molecule has 1 fully saturated rings. The lowest BCUT2D eigenvalue weighted by Crippen LogP contribution is -2.56. The minimum Gasteiger partial charge on any atom is -0.508 e. The zero-order valence-electron chi connectivity index (χ0n) is 15.1. The third kappa shape index (κ3) is 5.44. The summed E-state index contributed by atoms with van der Waals surface area (Å²) in [6.07, 6.45) is -0.504. The molecule has 25 heavy (non-hydrogen) atoms. The molecule has 2 rings (SSSR count). The minimum atomic E-state index is -0.812. The lowest BCUT2D eigenvalue weighted by molar-refractivity contribution is -0.304. The Hall–Kier alpha value is -2.12. The quantitative estimate of drug-likeness (QED) is 0.706. The third-order valence-electron chi connectivity index (χ3n) is 3.94. The maximum atomic E-state index is 12.4. The van der Waals surface area contributed by atoms with Gasteiger partial charge in [-0.1, -0.05) is 13.8 Å². The highest BCUT2D eigenvalue weighted by Crippen LogP contribution is 2.34. The van der Waals surface area contributed by atoms with Gasteiger partial charge in [-0.05, 0) is 38.1 Å². The number of carbonyl (C=O) groups excluding carboxylic acids is 2. The van der Waals surface area contributed by atoms with E-state index in [4.69, 9.17) is 9.47 Å². The van der Waals surface area contributed by atoms with Crippen molar-refractivity contribution in [2.45, 2.75) is 46.0 Å². The highest BCUT2D eigenvalue weighted by atomic mass is 16.7. The van der Waals surface area contributed by atoms with Crippen LogP contribution in [0.4, 0.5) is 5.69 Å². The van der Waals surface area contributed by atoms with Gasteiger partial charge in [0.1, 0.15) is 11.9 Å². The number of nitrogens with one attached hydrogen (secondary N) is 2. The Labute approximate surface area is 147 Å². The Bertz CT molecular complexity index is 625. The summed E-state index contributed by atoms with van der Waals surface area (Å²) in [7, 11) is 0. The van der Waals surface area contributed by atoms with Crippen molar-refractivity contribution in [3.63, 3.8) is 0 Å². The molecule has 0 aliphatic carbocycles. The molecule has 0 spiro atoms. The van der Waals surface area contributed by atoms with Crippen LogP contribution < -0.4 is 10.6 Å². The van der Waals surface area contributed by atoms with Gasteiger partial charge in [0.05, 0.1) is 6.61 Å². The molecule has 7 heteroatoms. The van der Waals surface area contributed by atoms with Gasteiger partial charge in [0, 0.05) is 24.1 Å². The first-order chi connectivity index (χ1) is 11.6. The van der Waals surface area contributed by atoms with Crippen LogP contribution in [-0.2, 0) is 19.1 Å². The van der Waals surface area contributed by atoms with Crippen molar-refractivity contribution in [1.29, 1.82) is 0 Å². The first-order valence-corrected chi connectivity index (χ1v) is 8.27. The number of benzene rings is 1. The number of aromatic hydroxyl groups is 1. The summed E-state index contributed by atoms with van der Waals surface area (Å²) >= 11 is 0. The topological polar surface area (TPSA) is 96.9 Å². The van der Waals surface area contributed by atoms with E-state index in [1.54, 1.807) is 26.0 Å². The van der Waals surface area contributed by atoms with E-state index in [0.29, 0.717) is 12.3 Å². The maximum Gasteiger partial charge on any atom is 0.249 e. The minimum absolute atomic E-state index is 0.132. The van der Waals surface area contributed by atoms with Crippen molar-refractivity contribution in [2.24, 2.45) is 5.41 Å². The smallest absolute Gasteiger partial charge is 0.249 e. The van der Waals surface area contributed by atoms with Crippen molar-refractivity contribution in [3.05, 3.63) is 24.3 Å². The van der Waals surface area contributed by atoms with E-state index in [0.717, 1.165) is 0 Å². The zero-order chi connectivity index (χ0) is 18.7. The predicted molar refractivity (Wildman–Crippen MR) is 93.0 cm³/mol. The Morgan fingerprint density at radius 2 is 1.84 bits per heavy atom. The number of phenols is 1. The molecule has 1 aliphatic rings. The number of hydrogen-bond acceptors (Lipinski definition) is 5. The molecular formula is C18H26N2O5. The van der Waals surface area contributed by atoms with Gasteiger partial charge < -0.3 is 25.2 Å². The van der Waals surface area contributed by atoms with Crippen molar-refractivity contribution in [1.82, 2.24) is 5.32 Å². The van der Waals surface area contributed by atoms with Crippen molar-refractivity contribution in [3.8, 4) is 5.75 Å². The van der Waals surface area contributed by atoms with Crippen LogP contribution in [0.2, 0.25) is 0 Å². The van der Waals surface area contributed by atoms with Crippen LogP contribution in [0.25, 0.3) is 0 Å². The Morgan fingerprint density at radius 3 is 2.48 bits per heavy atom. The maximum absolute atomic E-state index is 12.4. The van der Waals surface area contributed by atoms with E-state index in [1.807, 2.05) is 13.8 Å².